The third-order valence-electron chi connectivity index (χ3n) is 3.06. The van der Waals surface area contributed by atoms with E-state index in [1.807, 2.05) is 24.3 Å². The molecule has 1 unspecified atom stereocenters. The molecule has 1 fully saturated rings. The number of hydrogen-bond donors (Lipinski definition) is 1. The van der Waals surface area contributed by atoms with Crippen molar-refractivity contribution in [3.05, 3.63) is 17.9 Å². The van der Waals surface area contributed by atoms with Crippen LogP contribution in [0, 0.1) is 5.92 Å². The van der Waals surface area contributed by atoms with Crippen molar-refractivity contribution in [1.82, 2.24) is 10.2 Å². The van der Waals surface area contributed by atoms with Crippen LogP contribution in [0.25, 0.3) is 0 Å². The minimum absolute atomic E-state index is 0. The van der Waals surface area contributed by atoms with Crippen molar-refractivity contribution >= 4 is 30.1 Å². The van der Waals surface area contributed by atoms with E-state index >= 15 is 0 Å². The first kappa shape index (κ1) is 15.4. The summed E-state index contributed by atoms with van der Waals surface area (Å²) in [4.78, 5) is 14.0. The molecule has 0 bridgehead atoms. The molecule has 1 aliphatic heterocycles. The summed E-state index contributed by atoms with van der Waals surface area (Å²) in [5.74, 6) is 1.04. The number of nitrogens with one attached hydrogen (secondary N) is 1. The average Bonchev–Trinajstić information content (AvgIpc) is 2.97. The number of carbonyl (C=O) groups is 1. The number of hydrogen-bond acceptors (Lipinski definition) is 4. The maximum atomic E-state index is 12.1. The van der Waals surface area contributed by atoms with Gasteiger partial charge < -0.3 is 14.6 Å². The maximum Gasteiger partial charge on any atom is 0.289 e. The van der Waals surface area contributed by atoms with Crippen LogP contribution < -0.4 is 5.32 Å². The SMILES string of the molecule is CNCC1CCN(C(=O)c2ccc(SC)o2)C1.Cl. The van der Waals surface area contributed by atoms with Gasteiger partial charge in [0.2, 0.25) is 0 Å². The summed E-state index contributed by atoms with van der Waals surface area (Å²) in [6.45, 7) is 2.63. The monoisotopic (exact) mass is 290 g/mol. The third kappa shape index (κ3) is 3.43. The van der Waals surface area contributed by atoms with Gasteiger partial charge in [0.15, 0.2) is 10.9 Å². The lowest BCUT2D eigenvalue weighted by atomic mass is 10.1. The first-order valence-electron chi connectivity index (χ1n) is 5.82. The summed E-state index contributed by atoms with van der Waals surface area (Å²) in [6, 6.07) is 3.61. The average molecular weight is 291 g/mol. The summed E-state index contributed by atoms with van der Waals surface area (Å²) < 4.78 is 5.46. The molecule has 1 aromatic rings. The molecule has 4 nitrogen and oxygen atoms in total. The fourth-order valence-electron chi connectivity index (χ4n) is 2.17. The number of halogens is 1. The van der Waals surface area contributed by atoms with Crippen LogP contribution in [0.2, 0.25) is 0 Å². The zero-order valence-electron chi connectivity index (χ0n) is 10.6. The van der Waals surface area contributed by atoms with E-state index in [1.54, 1.807) is 6.07 Å². The van der Waals surface area contributed by atoms with Crippen LogP contribution in [0.15, 0.2) is 21.6 Å². The molecule has 0 aliphatic carbocycles. The van der Waals surface area contributed by atoms with E-state index in [4.69, 9.17) is 4.42 Å². The Bertz CT molecular complexity index is 397. The topological polar surface area (TPSA) is 45.5 Å². The molecule has 0 radical (unpaired) electrons. The minimum Gasteiger partial charge on any atom is -0.445 e. The van der Waals surface area contributed by atoms with Crippen molar-refractivity contribution < 1.29 is 9.21 Å². The van der Waals surface area contributed by atoms with Crippen LogP contribution in [0.4, 0.5) is 0 Å². The number of furan rings is 1. The Morgan fingerprint density at radius 3 is 3.00 bits per heavy atom. The number of carbonyl (C=O) groups excluding carboxylic acids is 1. The van der Waals surface area contributed by atoms with Gasteiger partial charge in [-0.1, -0.05) is 11.8 Å². The van der Waals surface area contributed by atoms with Crippen LogP contribution in [0.1, 0.15) is 17.0 Å². The van der Waals surface area contributed by atoms with Gasteiger partial charge in [-0.2, -0.15) is 0 Å². The second-order valence-electron chi connectivity index (χ2n) is 4.29. The molecule has 1 aromatic heterocycles. The molecule has 18 heavy (non-hydrogen) atoms. The summed E-state index contributed by atoms with van der Waals surface area (Å²) in [6.07, 6.45) is 3.01. The molecule has 1 N–H and O–H groups in total. The van der Waals surface area contributed by atoms with E-state index in [1.165, 1.54) is 11.8 Å². The van der Waals surface area contributed by atoms with Crippen LogP contribution in [0.3, 0.4) is 0 Å². The highest BCUT2D eigenvalue weighted by molar-refractivity contribution is 7.98. The van der Waals surface area contributed by atoms with Crippen molar-refractivity contribution in [3.8, 4) is 0 Å². The lowest BCUT2D eigenvalue weighted by Crippen LogP contribution is -2.30. The largest absolute Gasteiger partial charge is 0.445 e. The normalized spacial score (nSPS) is 18.8. The van der Waals surface area contributed by atoms with Crippen LogP contribution in [-0.4, -0.2) is 43.7 Å². The molecule has 6 heteroatoms. The fraction of sp³-hybridized carbons (Fsp3) is 0.583. The van der Waals surface area contributed by atoms with Crippen molar-refractivity contribution in [1.29, 1.82) is 0 Å². The van der Waals surface area contributed by atoms with Crippen molar-refractivity contribution in [3.63, 3.8) is 0 Å². The first-order valence-corrected chi connectivity index (χ1v) is 7.04. The number of likely N-dealkylation sites (tertiary alicyclic amines) is 1. The molecule has 0 saturated carbocycles. The Morgan fingerprint density at radius 2 is 2.39 bits per heavy atom. The van der Waals surface area contributed by atoms with Gasteiger partial charge in [0, 0.05) is 13.1 Å². The van der Waals surface area contributed by atoms with Crippen molar-refractivity contribution in [2.24, 2.45) is 5.92 Å². The van der Waals surface area contributed by atoms with Gasteiger partial charge in [0.1, 0.15) is 0 Å². The smallest absolute Gasteiger partial charge is 0.289 e. The molecule has 1 aliphatic rings. The standard InChI is InChI=1S/C12H18N2O2S.ClH/c1-13-7-9-5-6-14(8-9)12(15)10-3-4-11(16-10)17-2;/h3-4,9,13H,5-8H2,1-2H3;1H. The maximum absolute atomic E-state index is 12.1. The molecule has 0 spiro atoms. The van der Waals surface area contributed by atoms with E-state index in [-0.39, 0.29) is 18.3 Å². The van der Waals surface area contributed by atoms with Crippen LogP contribution in [0.5, 0.6) is 0 Å². The van der Waals surface area contributed by atoms with Gasteiger partial charge in [0.05, 0.1) is 0 Å². The highest BCUT2D eigenvalue weighted by Gasteiger charge is 2.27. The number of rotatable bonds is 4. The minimum atomic E-state index is 0. The first-order chi connectivity index (χ1) is 8.24. The Balaban J connectivity index is 0.00000162. The highest BCUT2D eigenvalue weighted by Crippen LogP contribution is 2.22. The molecule has 2 heterocycles. The Morgan fingerprint density at radius 1 is 1.61 bits per heavy atom. The quantitative estimate of drug-likeness (QED) is 0.863. The highest BCUT2D eigenvalue weighted by atomic mass is 35.5. The van der Waals surface area contributed by atoms with Gasteiger partial charge in [-0.05, 0) is 44.3 Å². The second kappa shape index (κ2) is 7.07. The van der Waals surface area contributed by atoms with E-state index in [0.29, 0.717) is 11.7 Å². The molecular formula is C12H19ClN2O2S. The van der Waals surface area contributed by atoms with E-state index in [0.717, 1.165) is 31.1 Å². The molecule has 1 atom stereocenters. The molecule has 102 valence electrons. The summed E-state index contributed by atoms with van der Waals surface area (Å²) >= 11 is 1.51. The number of nitrogens with zero attached hydrogens (tertiary/aromatic N) is 1. The Kier molecular flexibility index (Phi) is 6.05. The molecule has 1 amide bonds. The summed E-state index contributed by atoms with van der Waals surface area (Å²) in [7, 11) is 1.95. The van der Waals surface area contributed by atoms with Gasteiger partial charge in [-0.25, -0.2) is 0 Å². The Hall–Kier alpha value is -0.650. The molecule has 2 rings (SSSR count). The molecule has 0 aromatic carbocycles. The zero-order chi connectivity index (χ0) is 12.3. The second-order valence-corrected chi connectivity index (χ2v) is 5.10. The van der Waals surface area contributed by atoms with Crippen molar-refractivity contribution in [2.75, 3.05) is 32.9 Å². The van der Waals surface area contributed by atoms with Gasteiger partial charge in [0.25, 0.3) is 5.91 Å². The van der Waals surface area contributed by atoms with Crippen molar-refractivity contribution in [2.45, 2.75) is 11.5 Å². The Labute approximate surface area is 118 Å². The lowest BCUT2D eigenvalue weighted by molar-refractivity contribution is 0.0750. The number of amides is 1. The van der Waals surface area contributed by atoms with E-state index in [2.05, 4.69) is 5.32 Å². The summed E-state index contributed by atoms with van der Waals surface area (Å²) in [5, 5.41) is 3.95. The predicted octanol–water partition coefficient (Wildman–Crippen LogP) is 2.10. The fourth-order valence-corrected chi connectivity index (χ4v) is 2.55. The predicted molar refractivity (Wildman–Crippen MR) is 75.7 cm³/mol. The van der Waals surface area contributed by atoms with Gasteiger partial charge >= 0.3 is 0 Å². The van der Waals surface area contributed by atoms with E-state index < -0.39 is 0 Å². The lowest BCUT2D eigenvalue weighted by Gasteiger charge is -2.14. The van der Waals surface area contributed by atoms with Gasteiger partial charge in [-0.15, -0.1) is 12.4 Å². The van der Waals surface area contributed by atoms with E-state index in [9.17, 15) is 4.79 Å². The molecule has 1 saturated heterocycles. The van der Waals surface area contributed by atoms with Crippen LogP contribution >= 0.6 is 24.2 Å². The van der Waals surface area contributed by atoms with Crippen LogP contribution in [-0.2, 0) is 0 Å². The number of thioether (sulfide) groups is 1. The summed E-state index contributed by atoms with van der Waals surface area (Å²) in [5.41, 5.74) is 0. The van der Waals surface area contributed by atoms with Gasteiger partial charge in [-0.3, -0.25) is 4.79 Å². The third-order valence-corrected chi connectivity index (χ3v) is 3.68. The molecular weight excluding hydrogens is 272 g/mol. The zero-order valence-corrected chi connectivity index (χ0v) is 12.3.